The lowest BCUT2D eigenvalue weighted by atomic mass is 10.1. The van der Waals surface area contributed by atoms with Gasteiger partial charge in [0.15, 0.2) is 0 Å². The number of benzene rings is 1. The van der Waals surface area contributed by atoms with E-state index in [1.165, 1.54) is 24.0 Å². The van der Waals surface area contributed by atoms with Crippen molar-refractivity contribution in [1.29, 1.82) is 0 Å². The SMILES string of the molecule is CCc1ccc(CN(C)C(=O)C2CCCC2)cc1. The average Bonchev–Trinajstić information content (AvgIpc) is 2.92. The lowest BCUT2D eigenvalue weighted by molar-refractivity contribution is -0.134. The zero-order valence-corrected chi connectivity index (χ0v) is 11.5. The Kier molecular flexibility index (Phi) is 4.40. The third-order valence-corrected chi connectivity index (χ3v) is 3.93. The van der Waals surface area contributed by atoms with Crippen LogP contribution in [0.3, 0.4) is 0 Å². The van der Waals surface area contributed by atoms with Crippen molar-refractivity contribution >= 4 is 5.91 Å². The molecule has 0 N–H and O–H groups in total. The first-order valence-corrected chi connectivity index (χ1v) is 7.03. The van der Waals surface area contributed by atoms with Gasteiger partial charge in [0, 0.05) is 19.5 Å². The quantitative estimate of drug-likeness (QED) is 0.796. The van der Waals surface area contributed by atoms with E-state index in [4.69, 9.17) is 0 Å². The zero-order valence-electron chi connectivity index (χ0n) is 11.5. The van der Waals surface area contributed by atoms with Crippen molar-refractivity contribution in [2.24, 2.45) is 5.92 Å². The van der Waals surface area contributed by atoms with Crippen molar-refractivity contribution in [3.05, 3.63) is 35.4 Å². The Morgan fingerprint density at radius 3 is 2.28 bits per heavy atom. The molecule has 1 amide bonds. The Morgan fingerprint density at radius 1 is 1.17 bits per heavy atom. The molecule has 0 heterocycles. The molecule has 2 heteroatoms. The summed E-state index contributed by atoms with van der Waals surface area (Å²) in [4.78, 5) is 14.1. The van der Waals surface area contributed by atoms with Gasteiger partial charge in [-0.3, -0.25) is 4.79 Å². The van der Waals surface area contributed by atoms with Crippen molar-refractivity contribution < 1.29 is 4.79 Å². The van der Waals surface area contributed by atoms with E-state index < -0.39 is 0 Å². The Balaban J connectivity index is 1.92. The lowest BCUT2D eigenvalue weighted by Gasteiger charge is -2.21. The summed E-state index contributed by atoms with van der Waals surface area (Å²) >= 11 is 0. The van der Waals surface area contributed by atoms with E-state index >= 15 is 0 Å². The molecular weight excluding hydrogens is 222 g/mol. The first kappa shape index (κ1) is 13.1. The number of rotatable bonds is 4. The third kappa shape index (κ3) is 3.12. The van der Waals surface area contributed by atoms with Crippen LogP contribution in [0.1, 0.15) is 43.7 Å². The van der Waals surface area contributed by atoms with Crippen molar-refractivity contribution in [3.63, 3.8) is 0 Å². The molecule has 2 rings (SSSR count). The molecule has 2 nitrogen and oxygen atoms in total. The Labute approximate surface area is 110 Å². The topological polar surface area (TPSA) is 20.3 Å². The second kappa shape index (κ2) is 6.03. The molecule has 1 fully saturated rings. The maximum Gasteiger partial charge on any atom is 0.225 e. The fraction of sp³-hybridized carbons (Fsp3) is 0.562. The number of aryl methyl sites for hydroxylation is 1. The number of nitrogens with zero attached hydrogens (tertiary/aromatic N) is 1. The molecule has 0 aromatic heterocycles. The molecule has 1 aliphatic carbocycles. The van der Waals surface area contributed by atoms with Gasteiger partial charge in [0.2, 0.25) is 5.91 Å². The lowest BCUT2D eigenvalue weighted by Crippen LogP contribution is -2.31. The minimum Gasteiger partial charge on any atom is -0.341 e. The molecule has 1 aromatic rings. The Morgan fingerprint density at radius 2 is 1.72 bits per heavy atom. The van der Waals surface area contributed by atoms with Crippen LogP contribution in [0.4, 0.5) is 0 Å². The van der Waals surface area contributed by atoms with Crippen molar-refractivity contribution in [2.75, 3.05) is 7.05 Å². The zero-order chi connectivity index (χ0) is 13.0. The highest BCUT2D eigenvalue weighted by Gasteiger charge is 2.25. The molecule has 0 saturated heterocycles. The van der Waals surface area contributed by atoms with E-state index in [2.05, 4.69) is 31.2 Å². The predicted molar refractivity (Wildman–Crippen MR) is 74.3 cm³/mol. The molecule has 0 aliphatic heterocycles. The highest BCUT2D eigenvalue weighted by atomic mass is 16.2. The smallest absolute Gasteiger partial charge is 0.225 e. The van der Waals surface area contributed by atoms with Gasteiger partial charge < -0.3 is 4.90 Å². The minimum atomic E-state index is 0.282. The Hall–Kier alpha value is -1.31. The Bertz CT molecular complexity index is 390. The van der Waals surface area contributed by atoms with Gasteiger partial charge in [-0.1, -0.05) is 44.0 Å². The largest absolute Gasteiger partial charge is 0.341 e. The maximum atomic E-state index is 12.2. The summed E-state index contributed by atoms with van der Waals surface area (Å²) in [7, 11) is 1.92. The number of amides is 1. The monoisotopic (exact) mass is 245 g/mol. The van der Waals surface area contributed by atoms with Crippen LogP contribution in [-0.4, -0.2) is 17.9 Å². The van der Waals surface area contributed by atoms with Gasteiger partial charge in [0.25, 0.3) is 0 Å². The van der Waals surface area contributed by atoms with Crippen molar-refractivity contribution in [2.45, 2.75) is 45.6 Å². The average molecular weight is 245 g/mol. The van der Waals surface area contributed by atoms with Crippen LogP contribution < -0.4 is 0 Å². The second-order valence-electron chi connectivity index (χ2n) is 5.35. The van der Waals surface area contributed by atoms with Crippen molar-refractivity contribution in [1.82, 2.24) is 4.90 Å². The summed E-state index contributed by atoms with van der Waals surface area (Å²) in [5.74, 6) is 0.608. The van der Waals surface area contributed by atoms with Crippen LogP contribution in [0.2, 0.25) is 0 Å². The molecule has 1 aliphatic rings. The van der Waals surface area contributed by atoms with Gasteiger partial charge in [-0.25, -0.2) is 0 Å². The fourth-order valence-corrected chi connectivity index (χ4v) is 2.72. The van der Waals surface area contributed by atoms with Gasteiger partial charge >= 0.3 is 0 Å². The van der Waals surface area contributed by atoms with E-state index in [0.29, 0.717) is 5.91 Å². The molecule has 0 unspecified atom stereocenters. The first-order chi connectivity index (χ1) is 8.70. The number of carbonyl (C=O) groups excluding carboxylic acids is 1. The van der Waals surface area contributed by atoms with E-state index in [1.54, 1.807) is 0 Å². The molecule has 1 aromatic carbocycles. The van der Waals surface area contributed by atoms with Gasteiger partial charge in [-0.05, 0) is 30.4 Å². The number of hydrogen-bond acceptors (Lipinski definition) is 1. The first-order valence-electron chi connectivity index (χ1n) is 7.03. The summed E-state index contributed by atoms with van der Waals surface area (Å²) in [6, 6.07) is 8.58. The molecule has 0 atom stereocenters. The van der Waals surface area contributed by atoms with E-state index in [0.717, 1.165) is 25.8 Å². The van der Waals surface area contributed by atoms with Crippen LogP contribution in [0, 0.1) is 5.92 Å². The molecule has 0 radical (unpaired) electrons. The summed E-state index contributed by atoms with van der Waals surface area (Å²) < 4.78 is 0. The standard InChI is InChI=1S/C16H23NO/c1-3-13-8-10-14(11-9-13)12-17(2)16(18)15-6-4-5-7-15/h8-11,15H,3-7,12H2,1-2H3. The van der Waals surface area contributed by atoms with Crippen LogP contribution in [0.25, 0.3) is 0 Å². The van der Waals surface area contributed by atoms with E-state index in [-0.39, 0.29) is 5.92 Å². The molecule has 0 spiro atoms. The van der Waals surface area contributed by atoms with Crippen LogP contribution >= 0.6 is 0 Å². The third-order valence-electron chi connectivity index (χ3n) is 3.93. The van der Waals surface area contributed by atoms with E-state index in [9.17, 15) is 4.79 Å². The van der Waals surface area contributed by atoms with Crippen LogP contribution in [0.15, 0.2) is 24.3 Å². The van der Waals surface area contributed by atoms with Gasteiger partial charge in [-0.15, -0.1) is 0 Å². The predicted octanol–water partition coefficient (Wildman–Crippen LogP) is 3.40. The van der Waals surface area contributed by atoms with Crippen molar-refractivity contribution in [3.8, 4) is 0 Å². The summed E-state index contributed by atoms with van der Waals surface area (Å²) in [6.07, 6.45) is 5.66. The minimum absolute atomic E-state index is 0.282. The second-order valence-corrected chi connectivity index (χ2v) is 5.35. The summed E-state index contributed by atoms with van der Waals surface area (Å²) in [5.41, 5.74) is 2.57. The van der Waals surface area contributed by atoms with E-state index in [1.807, 2.05) is 11.9 Å². The number of hydrogen-bond donors (Lipinski definition) is 0. The molecule has 1 saturated carbocycles. The number of carbonyl (C=O) groups is 1. The van der Waals surface area contributed by atoms with Crippen LogP contribution in [0.5, 0.6) is 0 Å². The fourth-order valence-electron chi connectivity index (χ4n) is 2.72. The maximum absolute atomic E-state index is 12.2. The van der Waals surface area contributed by atoms with Gasteiger partial charge in [0.05, 0.1) is 0 Å². The normalized spacial score (nSPS) is 15.9. The summed E-state index contributed by atoms with van der Waals surface area (Å²) in [6.45, 7) is 2.89. The molecule has 0 bridgehead atoms. The van der Waals surface area contributed by atoms with Crippen LogP contribution in [-0.2, 0) is 17.8 Å². The molecule has 98 valence electrons. The molecular formula is C16H23NO. The summed E-state index contributed by atoms with van der Waals surface area (Å²) in [5, 5.41) is 0. The highest BCUT2D eigenvalue weighted by Crippen LogP contribution is 2.26. The molecule has 18 heavy (non-hydrogen) atoms. The highest BCUT2D eigenvalue weighted by molar-refractivity contribution is 5.78. The van der Waals surface area contributed by atoms with Gasteiger partial charge in [0.1, 0.15) is 0 Å². The van der Waals surface area contributed by atoms with Gasteiger partial charge in [-0.2, -0.15) is 0 Å².